The molecule has 18 heavy (non-hydrogen) atoms. The Morgan fingerprint density at radius 3 is 2.39 bits per heavy atom. The molecule has 0 fully saturated rings. The molecule has 3 N–H and O–H groups in total. The van der Waals surface area contributed by atoms with Crippen molar-refractivity contribution in [3.05, 3.63) is 59.2 Å². The Kier molecular flexibility index (Phi) is 3.46. The van der Waals surface area contributed by atoms with Crippen LogP contribution >= 0.6 is 0 Å². The van der Waals surface area contributed by atoms with Crippen molar-refractivity contribution in [2.45, 2.75) is 13.5 Å². The van der Waals surface area contributed by atoms with Crippen LogP contribution in [0.3, 0.4) is 0 Å². The minimum atomic E-state index is -0.336. The first-order valence-corrected chi connectivity index (χ1v) is 5.60. The summed E-state index contributed by atoms with van der Waals surface area (Å²) < 4.78 is 26.2. The van der Waals surface area contributed by atoms with Crippen LogP contribution in [-0.4, -0.2) is 0 Å². The Morgan fingerprint density at radius 2 is 1.78 bits per heavy atom. The van der Waals surface area contributed by atoms with E-state index < -0.39 is 0 Å². The van der Waals surface area contributed by atoms with E-state index in [1.807, 2.05) is 0 Å². The molecular weight excluding hydrogens is 234 g/mol. The molecule has 0 aliphatic carbocycles. The standard InChI is InChI=1S/C14H14F2N2/c1-9-13(16)6-12(7-14(9)17)18-8-10-2-4-11(15)5-3-10/h2-7,18H,8,17H2,1H3. The number of nitrogens with two attached hydrogens (primary N) is 1. The molecule has 94 valence electrons. The van der Waals surface area contributed by atoms with Gasteiger partial charge < -0.3 is 11.1 Å². The smallest absolute Gasteiger partial charge is 0.130 e. The first kappa shape index (κ1) is 12.4. The number of anilines is 2. The van der Waals surface area contributed by atoms with Gasteiger partial charge in [0.05, 0.1) is 0 Å². The average Bonchev–Trinajstić information content (AvgIpc) is 2.35. The molecule has 0 heterocycles. The molecule has 0 saturated carbocycles. The first-order chi connectivity index (χ1) is 8.56. The molecule has 0 radical (unpaired) electrons. The predicted octanol–water partition coefficient (Wildman–Crippen LogP) is 3.47. The summed E-state index contributed by atoms with van der Waals surface area (Å²) in [5, 5.41) is 3.05. The molecule has 0 aliphatic heterocycles. The quantitative estimate of drug-likeness (QED) is 0.816. The Balaban J connectivity index is 2.08. The lowest BCUT2D eigenvalue weighted by molar-refractivity contribution is 0.620. The van der Waals surface area contributed by atoms with Gasteiger partial charge in [0.15, 0.2) is 0 Å². The van der Waals surface area contributed by atoms with Crippen molar-refractivity contribution < 1.29 is 8.78 Å². The fraction of sp³-hybridized carbons (Fsp3) is 0.143. The second-order valence-electron chi connectivity index (χ2n) is 4.15. The molecular formula is C14H14F2N2. The highest BCUT2D eigenvalue weighted by atomic mass is 19.1. The maximum Gasteiger partial charge on any atom is 0.130 e. The minimum Gasteiger partial charge on any atom is -0.398 e. The number of nitrogens with one attached hydrogen (secondary N) is 1. The fourth-order valence-corrected chi connectivity index (χ4v) is 1.61. The molecule has 4 heteroatoms. The van der Waals surface area contributed by atoms with E-state index in [0.717, 1.165) is 5.56 Å². The van der Waals surface area contributed by atoms with E-state index in [1.165, 1.54) is 18.2 Å². The van der Waals surface area contributed by atoms with Crippen LogP contribution in [-0.2, 0) is 6.54 Å². The number of hydrogen-bond donors (Lipinski definition) is 2. The maximum absolute atomic E-state index is 13.4. The lowest BCUT2D eigenvalue weighted by Gasteiger charge is -2.09. The van der Waals surface area contributed by atoms with Crippen LogP contribution in [0.25, 0.3) is 0 Å². The molecule has 0 aromatic heterocycles. The summed E-state index contributed by atoms with van der Waals surface area (Å²) in [4.78, 5) is 0. The molecule has 0 unspecified atom stereocenters. The van der Waals surface area contributed by atoms with Crippen LogP contribution < -0.4 is 11.1 Å². The molecule has 0 spiro atoms. The molecule has 0 bridgehead atoms. The Bertz CT molecular complexity index is 527. The zero-order chi connectivity index (χ0) is 13.1. The van der Waals surface area contributed by atoms with Gasteiger partial charge in [-0.3, -0.25) is 0 Å². The predicted molar refractivity (Wildman–Crippen MR) is 69.3 cm³/mol. The summed E-state index contributed by atoms with van der Waals surface area (Å²) in [6.45, 7) is 2.12. The van der Waals surface area contributed by atoms with Gasteiger partial charge in [0.2, 0.25) is 0 Å². The zero-order valence-corrected chi connectivity index (χ0v) is 10.0. The first-order valence-electron chi connectivity index (χ1n) is 5.60. The third-order valence-electron chi connectivity index (χ3n) is 2.79. The van der Waals surface area contributed by atoms with Crippen molar-refractivity contribution in [3.63, 3.8) is 0 Å². The molecule has 0 amide bonds. The van der Waals surface area contributed by atoms with Crippen LogP contribution in [0.1, 0.15) is 11.1 Å². The second-order valence-corrected chi connectivity index (χ2v) is 4.15. The van der Waals surface area contributed by atoms with Crippen molar-refractivity contribution in [1.82, 2.24) is 0 Å². The molecule has 0 saturated heterocycles. The Labute approximate surface area is 104 Å². The van der Waals surface area contributed by atoms with Crippen molar-refractivity contribution in [3.8, 4) is 0 Å². The van der Waals surface area contributed by atoms with Crippen LogP contribution in [0, 0.1) is 18.6 Å². The average molecular weight is 248 g/mol. The highest BCUT2D eigenvalue weighted by molar-refractivity contribution is 5.59. The van der Waals surface area contributed by atoms with Crippen molar-refractivity contribution in [2.75, 3.05) is 11.1 Å². The van der Waals surface area contributed by atoms with Crippen LogP contribution in [0.5, 0.6) is 0 Å². The van der Waals surface area contributed by atoms with Gasteiger partial charge in [0.25, 0.3) is 0 Å². The van der Waals surface area contributed by atoms with Gasteiger partial charge in [0, 0.05) is 23.5 Å². The van der Waals surface area contributed by atoms with Gasteiger partial charge in [-0.2, -0.15) is 0 Å². The number of nitrogen functional groups attached to an aromatic ring is 1. The lowest BCUT2D eigenvalue weighted by Crippen LogP contribution is -2.02. The van der Waals surface area contributed by atoms with E-state index in [9.17, 15) is 8.78 Å². The number of rotatable bonds is 3. The molecule has 2 rings (SSSR count). The van der Waals surface area contributed by atoms with Crippen molar-refractivity contribution >= 4 is 11.4 Å². The van der Waals surface area contributed by atoms with Gasteiger partial charge in [-0.05, 0) is 36.8 Å². The number of hydrogen-bond acceptors (Lipinski definition) is 2. The van der Waals surface area contributed by atoms with Gasteiger partial charge in [-0.15, -0.1) is 0 Å². The summed E-state index contributed by atoms with van der Waals surface area (Å²) in [6.07, 6.45) is 0. The summed E-state index contributed by atoms with van der Waals surface area (Å²) in [5.74, 6) is -0.610. The largest absolute Gasteiger partial charge is 0.398 e. The van der Waals surface area contributed by atoms with Gasteiger partial charge in [0.1, 0.15) is 11.6 Å². The van der Waals surface area contributed by atoms with E-state index in [2.05, 4.69) is 5.32 Å². The van der Waals surface area contributed by atoms with Crippen LogP contribution in [0.4, 0.5) is 20.2 Å². The number of benzene rings is 2. The van der Waals surface area contributed by atoms with Gasteiger partial charge >= 0.3 is 0 Å². The molecule has 0 atom stereocenters. The van der Waals surface area contributed by atoms with Gasteiger partial charge in [-0.25, -0.2) is 8.78 Å². The third-order valence-corrected chi connectivity index (χ3v) is 2.79. The third kappa shape index (κ3) is 2.77. The molecule has 0 aliphatic rings. The number of halogens is 2. The van der Waals surface area contributed by atoms with E-state index in [4.69, 9.17) is 5.73 Å². The van der Waals surface area contributed by atoms with E-state index in [-0.39, 0.29) is 11.6 Å². The topological polar surface area (TPSA) is 38.0 Å². The Morgan fingerprint density at radius 1 is 1.11 bits per heavy atom. The maximum atomic E-state index is 13.4. The van der Waals surface area contributed by atoms with E-state index >= 15 is 0 Å². The normalized spacial score (nSPS) is 10.4. The highest BCUT2D eigenvalue weighted by Crippen LogP contribution is 2.21. The van der Waals surface area contributed by atoms with Crippen LogP contribution in [0.15, 0.2) is 36.4 Å². The van der Waals surface area contributed by atoms with Crippen LogP contribution in [0.2, 0.25) is 0 Å². The fourth-order valence-electron chi connectivity index (χ4n) is 1.61. The van der Waals surface area contributed by atoms with Gasteiger partial charge in [-0.1, -0.05) is 12.1 Å². The van der Waals surface area contributed by atoms with E-state index in [0.29, 0.717) is 23.5 Å². The Hall–Kier alpha value is -2.10. The molecule has 2 aromatic carbocycles. The van der Waals surface area contributed by atoms with E-state index in [1.54, 1.807) is 25.1 Å². The monoisotopic (exact) mass is 248 g/mol. The molecule has 2 aromatic rings. The molecule has 2 nitrogen and oxygen atoms in total. The van der Waals surface area contributed by atoms with Crippen molar-refractivity contribution in [2.24, 2.45) is 0 Å². The lowest BCUT2D eigenvalue weighted by atomic mass is 10.1. The van der Waals surface area contributed by atoms with Crippen molar-refractivity contribution in [1.29, 1.82) is 0 Å². The highest BCUT2D eigenvalue weighted by Gasteiger charge is 2.04. The summed E-state index contributed by atoms with van der Waals surface area (Å²) in [5.41, 5.74) is 8.06. The zero-order valence-electron chi connectivity index (χ0n) is 10.0. The summed E-state index contributed by atoms with van der Waals surface area (Å²) in [6, 6.07) is 9.21. The summed E-state index contributed by atoms with van der Waals surface area (Å²) >= 11 is 0. The summed E-state index contributed by atoms with van der Waals surface area (Å²) in [7, 11) is 0. The second kappa shape index (κ2) is 5.04. The minimum absolute atomic E-state index is 0.274. The SMILES string of the molecule is Cc1c(N)cc(NCc2ccc(F)cc2)cc1F.